The van der Waals surface area contributed by atoms with E-state index < -0.39 is 5.91 Å². The van der Waals surface area contributed by atoms with Gasteiger partial charge < -0.3 is 26.4 Å². The third kappa shape index (κ3) is 5.62. The van der Waals surface area contributed by atoms with E-state index in [1.165, 1.54) is 6.20 Å². The highest BCUT2D eigenvalue weighted by molar-refractivity contribution is 6.33. The number of para-hydroxylation sites is 1. The van der Waals surface area contributed by atoms with Crippen molar-refractivity contribution >= 4 is 46.6 Å². The number of ether oxygens (including phenoxy) is 1. The minimum Gasteiger partial charge on any atom is -0.495 e. The number of amides is 2. The molecule has 3 aromatic carbocycles. The molecule has 2 amide bonds. The number of carbonyl (C=O) groups is 2. The normalized spacial score (nSPS) is 10.5. The number of aromatic nitrogens is 2. The van der Waals surface area contributed by atoms with Gasteiger partial charge in [0.2, 0.25) is 5.95 Å². The van der Waals surface area contributed by atoms with Crippen molar-refractivity contribution in [3.05, 3.63) is 88.6 Å². The maximum absolute atomic E-state index is 11.9. The second-order valence-corrected chi connectivity index (χ2v) is 8.48. The van der Waals surface area contributed by atoms with Gasteiger partial charge >= 0.3 is 0 Å². The van der Waals surface area contributed by atoms with Crippen LogP contribution in [0.5, 0.6) is 5.75 Å². The van der Waals surface area contributed by atoms with Crippen molar-refractivity contribution in [3.8, 4) is 16.9 Å². The number of primary amides is 1. The number of benzene rings is 3. The maximum Gasteiger partial charge on any atom is 0.251 e. The predicted molar refractivity (Wildman–Crippen MR) is 145 cm³/mol. The number of carbonyl (C=O) groups excluding carboxylic acids is 2. The van der Waals surface area contributed by atoms with Gasteiger partial charge in [-0.2, -0.15) is 4.98 Å². The molecular weight excluding hydrogens is 492 g/mol. The zero-order chi connectivity index (χ0) is 26.5. The number of anilines is 4. The second kappa shape index (κ2) is 11.0. The van der Waals surface area contributed by atoms with Gasteiger partial charge in [0.05, 0.1) is 30.2 Å². The Morgan fingerprint density at radius 1 is 1.00 bits per heavy atom. The number of hydrogen-bond acceptors (Lipinski definition) is 7. The summed E-state index contributed by atoms with van der Waals surface area (Å²) in [6.07, 6.45) is 1.45. The third-order valence-electron chi connectivity index (χ3n) is 5.67. The first-order valence-electron chi connectivity index (χ1n) is 11.3. The van der Waals surface area contributed by atoms with Gasteiger partial charge in [-0.05, 0) is 60.0 Å². The lowest BCUT2D eigenvalue weighted by molar-refractivity contribution is 0.0961. The summed E-state index contributed by atoms with van der Waals surface area (Å²) in [5, 5.41) is 9.11. The molecule has 0 fully saturated rings. The van der Waals surface area contributed by atoms with Crippen LogP contribution in [0.25, 0.3) is 11.1 Å². The molecule has 1 aromatic heterocycles. The van der Waals surface area contributed by atoms with E-state index in [0.717, 1.165) is 16.7 Å². The van der Waals surface area contributed by atoms with Gasteiger partial charge in [-0.1, -0.05) is 35.9 Å². The van der Waals surface area contributed by atoms with Gasteiger partial charge in [-0.3, -0.25) is 9.59 Å². The number of nitrogens with two attached hydrogens (primary N) is 1. The summed E-state index contributed by atoms with van der Waals surface area (Å²) < 4.78 is 5.63. The second-order valence-electron chi connectivity index (χ2n) is 8.07. The lowest BCUT2D eigenvalue weighted by atomic mass is 9.98. The van der Waals surface area contributed by atoms with Gasteiger partial charge in [-0.25, -0.2) is 4.98 Å². The number of hydrogen-bond donors (Lipinski definition) is 4. The lowest BCUT2D eigenvalue weighted by Crippen LogP contribution is -2.17. The molecule has 0 spiro atoms. The standard InChI is InChI=1S/C27H25ClN6O3/c1-15-12-22(23(37-3)13-19(15)16-8-10-17(11-9-16)26(36)30-2)33-27-31-14-20(28)25(34-27)32-21-7-5-4-6-18(21)24(29)35/h4-14H,1-3H3,(H2,29,35)(H,30,36)(H2,31,32,33,34). The Balaban J connectivity index is 1.63. The van der Waals surface area contributed by atoms with E-state index in [2.05, 4.69) is 25.9 Å². The molecule has 188 valence electrons. The van der Waals surface area contributed by atoms with Gasteiger partial charge in [0, 0.05) is 12.6 Å². The fourth-order valence-electron chi connectivity index (χ4n) is 3.78. The molecule has 5 N–H and O–H groups in total. The van der Waals surface area contributed by atoms with Gasteiger partial charge in [0.15, 0.2) is 5.82 Å². The maximum atomic E-state index is 11.9. The van der Waals surface area contributed by atoms with Crippen LogP contribution in [0.4, 0.5) is 23.1 Å². The Bertz CT molecular complexity index is 1470. The van der Waals surface area contributed by atoms with Gasteiger partial charge in [-0.15, -0.1) is 0 Å². The Hall–Kier alpha value is -4.63. The number of methoxy groups -OCH3 is 1. The van der Waals surface area contributed by atoms with Crippen LogP contribution in [0.3, 0.4) is 0 Å². The molecule has 4 aromatic rings. The first-order chi connectivity index (χ1) is 17.8. The highest BCUT2D eigenvalue weighted by Crippen LogP contribution is 2.36. The van der Waals surface area contributed by atoms with Crippen LogP contribution in [0, 0.1) is 6.92 Å². The largest absolute Gasteiger partial charge is 0.495 e. The molecular formula is C27H25ClN6O3. The quantitative estimate of drug-likeness (QED) is 0.257. The van der Waals surface area contributed by atoms with Crippen LogP contribution in [-0.4, -0.2) is 35.9 Å². The molecule has 1 heterocycles. The van der Waals surface area contributed by atoms with Crippen molar-refractivity contribution in [1.29, 1.82) is 0 Å². The summed E-state index contributed by atoms with van der Waals surface area (Å²) in [5.74, 6) is 0.425. The smallest absolute Gasteiger partial charge is 0.251 e. The number of halogens is 1. The van der Waals surface area contributed by atoms with E-state index in [1.54, 1.807) is 50.6 Å². The van der Waals surface area contributed by atoms with Crippen LogP contribution in [-0.2, 0) is 0 Å². The first kappa shape index (κ1) is 25.5. The van der Waals surface area contributed by atoms with Gasteiger partial charge in [0.1, 0.15) is 10.8 Å². The number of nitrogens with zero attached hydrogens (tertiary/aromatic N) is 2. The molecule has 37 heavy (non-hydrogen) atoms. The summed E-state index contributed by atoms with van der Waals surface area (Å²) in [4.78, 5) is 32.4. The molecule has 0 saturated heterocycles. The Morgan fingerprint density at radius 3 is 2.41 bits per heavy atom. The summed E-state index contributed by atoms with van der Waals surface area (Å²) in [6, 6.07) is 18.0. The van der Waals surface area contributed by atoms with E-state index in [1.807, 2.05) is 31.2 Å². The van der Waals surface area contributed by atoms with Crippen molar-refractivity contribution in [2.75, 3.05) is 24.8 Å². The molecule has 0 aliphatic rings. The fraction of sp³-hybridized carbons (Fsp3) is 0.111. The lowest BCUT2D eigenvalue weighted by Gasteiger charge is -2.16. The van der Waals surface area contributed by atoms with E-state index in [0.29, 0.717) is 34.1 Å². The van der Waals surface area contributed by atoms with E-state index in [9.17, 15) is 9.59 Å². The molecule has 9 nitrogen and oxygen atoms in total. The van der Waals surface area contributed by atoms with Crippen LogP contribution in [0.2, 0.25) is 5.02 Å². The van der Waals surface area contributed by atoms with Crippen molar-refractivity contribution in [1.82, 2.24) is 15.3 Å². The van der Waals surface area contributed by atoms with Crippen molar-refractivity contribution in [3.63, 3.8) is 0 Å². The highest BCUT2D eigenvalue weighted by atomic mass is 35.5. The molecule has 0 atom stereocenters. The van der Waals surface area contributed by atoms with Gasteiger partial charge in [0.25, 0.3) is 11.8 Å². The predicted octanol–water partition coefficient (Wildman–Crippen LogP) is 5.06. The van der Waals surface area contributed by atoms with Crippen LogP contribution >= 0.6 is 11.6 Å². The molecule has 0 radical (unpaired) electrons. The van der Waals surface area contributed by atoms with Crippen molar-refractivity contribution < 1.29 is 14.3 Å². The topological polar surface area (TPSA) is 131 Å². The monoisotopic (exact) mass is 516 g/mol. The van der Waals surface area contributed by atoms with Crippen LogP contribution in [0.15, 0.2) is 66.9 Å². The molecule has 0 aliphatic carbocycles. The fourth-order valence-corrected chi connectivity index (χ4v) is 3.92. The highest BCUT2D eigenvalue weighted by Gasteiger charge is 2.15. The van der Waals surface area contributed by atoms with Crippen LogP contribution in [0.1, 0.15) is 26.3 Å². The molecule has 0 unspecified atom stereocenters. The third-order valence-corrected chi connectivity index (χ3v) is 5.94. The number of aryl methyl sites for hydroxylation is 1. The SMILES string of the molecule is CNC(=O)c1ccc(-c2cc(OC)c(Nc3ncc(Cl)c(Nc4ccccc4C(N)=O)n3)cc2C)cc1. The molecule has 0 aliphatic heterocycles. The minimum atomic E-state index is -0.574. The Labute approximate surface area is 219 Å². The Kier molecular flexibility index (Phi) is 7.55. The summed E-state index contributed by atoms with van der Waals surface area (Å²) in [5.41, 5.74) is 10.4. The summed E-state index contributed by atoms with van der Waals surface area (Å²) >= 11 is 6.31. The molecule has 0 saturated carbocycles. The molecule has 0 bridgehead atoms. The van der Waals surface area contributed by atoms with Crippen LogP contribution < -0.4 is 26.4 Å². The minimum absolute atomic E-state index is 0.143. The van der Waals surface area contributed by atoms with E-state index in [4.69, 9.17) is 22.1 Å². The first-order valence-corrected chi connectivity index (χ1v) is 11.6. The summed E-state index contributed by atoms with van der Waals surface area (Å²) in [7, 11) is 3.17. The van der Waals surface area contributed by atoms with Crippen molar-refractivity contribution in [2.24, 2.45) is 5.73 Å². The zero-order valence-electron chi connectivity index (χ0n) is 20.4. The average Bonchev–Trinajstić information content (AvgIpc) is 2.90. The molecule has 4 rings (SSSR count). The number of nitrogens with one attached hydrogen (secondary N) is 3. The Morgan fingerprint density at radius 2 is 1.73 bits per heavy atom. The van der Waals surface area contributed by atoms with E-state index >= 15 is 0 Å². The number of rotatable bonds is 8. The zero-order valence-corrected chi connectivity index (χ0v) is 21.2. The van der Waals surface area contributed by atoms with Crippen molar-refractivity contribution in [2.45, 2.75) is 6.92 Å². The van der Waals surface area contributed by atoms with E-state index in [-0.39, 0.29) is 16.9 Å². The summed E-state index contributed by atoms with van der Waals surface area (Å²) in [6.45, 7) is 1.98. The molecule has 10 heteroatoms. The average molecular weight is 517 g/mol.